The van der Waals surface area contributed by atoms with Crippen LogP contribution in [0.5, 0.6) is 0 Å². The van der Waals surface area contributed by atoms with Gasteiger partial charge in [0.05, 0.1) is 0 Å². The number of rotatable bonds is 4. The van der Waals surface area contributed by atoms with Gasteiger partial charge in [-0.05, 0) is 37.4 Å². The van der Waals surface area contributed by atoms with Gasteiger partial charge in [0.25, 0.3) is 5.91 Å². The van der Waals surface area contributed by atoms with Crippen LogP contribution in [0.4, 0.5) is 10.5 Å². The standard InChI is InChI=1S/C17H17N3O3S/c1-11-5-7-12(8-6-11)18-14(21)10-20-15(22)17(2,19-16(20)23)13-4-3-9-24-13/h3-9H,10H2,1-2H3,(H,18,21)(H,19,23). The molecule has 1 atom stereocenters. The van der Waals surface area contributed by atoms with E-state index in [9.17, 15) is 14.4 Å². The van der Waals surface area contributed by atoms with Crippen molar-refractivity contribution in [2.45, 2.75) is 19.4 Å². The second-order valence-corrected chi connectivity index (χ2v) is 6.79. The Bertz CT molecular complexity index is 786. The Hall–Kier alpha value is -2.67. The average molecular weight is 343 g/mol. The number of imide groups is 1. The van der Waals surface area contributed by atoms with Crippen LogP contribution in [0.15, 0.2) is 41.8 Å². The normalized spacial score (nSPS) is 20.2. The molecule has 2 N–H and O–H groups in total. The van der Waals surface area contributed by atoms with Crippen molar-refractivity contribution in [3.63, 3.8) is 0 Å². The SMILES string of the molecule is Cc1ccc(NC(=O)CN2C(=O)NC(C)(c3cccs3)C2=O)cc1. The van der Waals surface area contributed by atoms with Crippen molar-refractivity contribution in [1.29, 1.82) is 0 Å². The fraction of sp³-hybridized carbons (Fsp3) is 0.235. The van der Waals surface area contributed by atoms with E-state index in [-0.39, 0.29) is 6.54 Å². The third-order valence-electron chi connectivity index (χ3n) is 3.93. The van der Waals surface area contributed by atoms with Crippen molar-refractivity contribution >= 4 is 34.9 Å². The lowest BCUT2D eigenvalue weighted by Gasteiger charge is -2.19. The van der Waals surface area contributed by atoms with Crippen LogP contribution in [-0.4, -0.2) is 29.3 Å². The number of carbonyl (C=O) groups excluding carboxylic acids is 3. The zero-order valence-corrected chi connectivity index (χ0v) is 14.1. The van der Waals surface area contributed by atoms with Crippen molar-refractivity contribution in [3.05, 3.63) is 52.2 Å². The maximum absolute atomic E-state index is 12.6. The molecule has 7 heteroatoms. The van der Waals surface area contributed by atoms with Gasteiger partial charge in [0.2, 0.25) is 5.91 Å². The van der Waals surface area contributed by atoms with Crippen LogP contribution in [0.1, 0.15) is 17.4 Å². The summed E-state index contributed by atoms with van der Waals surface area (Å²) in [5.74, 6) is -0.841. The molecule has 1 fully saturated rings. The molecule has 4 amide bonds. The Labute approximate surface area is 143 Å². The number of amides is 4. The number of carbonyl (C=O) groups is 3. The van der Waals surface area contributed by atoms with Crippen LogP contribution in [-0.2, 0) is 15.1 Å². The largest absolute Gasteiger partial charge is 0.325 e. The Morgan fingerprint density at radius 3 is 2.58 bits per heavy atom. The van der Waals surface area contributed by atoms with E-state index in [0.29, 0.717) is 5.69 Å². The topological polar surface area (TPSA) is 78.5 Å². The molecule has 3 rings (SSSR count). The van der Waals surface area contributed by atoms with E-state index in [1.165, 1.54) is 11.3 Å². The summed E-state index contributed by atoms with van der Waals surface area (Å²) in [6.45, 7) is 3.28. The van der Waals surface area contributed by atoms with E-state index in [1.807, 2.05) is 30.5 Å². The molecule has 0 aliphatic carbocycles. The molecule has 0 saturated carbocycles. The van der Waals surface area contributed by atoms with Crippen molar-refractivity contribution < 1.29 is 14.4 Å². The molecule has 0 spiro atoms. The van der Waals surface area contributed by atoms with Gasteiger partial charge in [0, 0.05) is 10.6 Å². The van der Waals surface area contributed by atoms with Gasteiger partial charge >= 0.3 is 6.03 Å². The van der Waals surface area contributed by atoms with Crippen molar-refractivity contribution in [3.8, 4) is 0 Å². The predicted octanol–water partition coefficient (Wildman–Crippen LogP) is 2.46. The molecular weight excluding hydrogens is 326 g/mol. The van der Waals surface area contributed by atoms with E-state index in [1.54, 1.807) is 25.1 Å². The molecule has 1 aliphatic rings. The lowest BCUT2D eigenvalue weighted by atomic mass is 10.0. The summed E-state index contributed by atoms with van der Waals surface area (Å²) < 4.78 is 0. The van der Waals surface area contributed by atoms with E-state index >= 15 is 0 Å². The fourth-order valence-corrected chi connectivity index (χ4v) is 3.39. The second kappa shape index (κ2) is 6.09. The number of nitrogens with zero attached hydrogens (tertiary/aromatic N) is 1. The Morgan fingerprint density at radius 2 is 1.96 bits per heavy atom. The average Bonchev–Trinajstić information content (AvgIpc) is 3.14. The number of benzene rings is 1. The number of thiophene rings is 1. The lowest BCUT2D eigenvalue weighted by Crippen LogP contribution is -2.41. The number of hydrogen-bond acceptors (Lipinski definition) is 4. The van der Waals surface area contributed by atoms with Gasteiger partial charge in [-0.15, -0.1) is 11.3 Å². The first-order chi connectivity index (χ1) is 11.4. The van der Waals surface area contributed by atoms with Gasteiger partial charge in [0.1, 0.15) is 6.54 Å². The molecule has 1 aliphatic heterocycles. The molecule has 1 aromatic heterocycles. The minimum atomic E-state index is -1.12. The van der Waals surface area contributed by atoms with Crippen molar-refractivity contribution in [2.75, 3.05) is 11.9 Å². The molecule has 2 aromatic rings. The quantitative estimate of drug-likeness (QED) is 0.837. The first kappa shape index (κ1) is 16.2. The summed E-state index contributed by atoms with van der Waals surface area (Å²) in [5, 5.41) is 7.21. The summed E-state index contributed by atoms with van der Waals surface area (Å²) >= 11 is 1.39. The molecular formula is C17H17N3O3S. The van der Waals surface area contributed by atoms with E-state index < -0.39 is 23.4 Å². The highest BCUT2D eigenvalue weighted by Gasteiger charge is 2.50. The molecule has 0 radical (unpaired) electrons. The summed E-state index contributed by atoms with van der Waals surface area (Å²) in [5.41, 5.74) is 0.586. The van der Waals surface area contributed by atoms with Gasteiger partial charge in [-0.2, -0.15) is 0 Å². The maximum Gasteiger partial charge on any atom is 0.325 e. The van der Waals surface area contributed by atoms with Crippen LogP contribution in [0.2, 0.25) is 0 Å². The highest BCUT2D eigenvalue weighted by molar-refractivity contribution is 7.10. The molecule has 1 saturated heterocycles. The number of urea groups is 1. The number of hydrogen-bond donors (Lipinski definition) is 2. The number of nitrogens with one attached hydrogen (secondary N) is 2. The summed E-state index contributed by atoms with van der Waals surface area (Å²) in [7, 11) is 0. The van der Waals surface area contributed by atoms with Gasteiger partial charge in [0.15, 0.2) is 5.54 Å². The highest BCUT2D eigenvalue weighted by Crippen LogP contribution is 2.31. The summed E-state index contributed by atoms with van der Waals surface area (Å²) in [6.07, 6.45) is 0. The van der Waals surface area contributed by atoms with Gasteiger partial charge in [-0.25, -0.2) is 4.79 Å². The van der Waals surface area contributed by atoms with Crippen LogP contribution in [0.3, 0.4) is 0 Å². The van der Waals surface area contributed by atoms with E-state index in [2.05, 4.69) is 10.6 Å². The van der Waals surface area contributed by atoms with Crippen LogP contribution in [0.25, 0.3) is 0 Å². The molecule has 6 nitrogen and oxygen atoms in total. The third kappa shape index (κ3) is 2.90. The van der Waals surface area contributed by atoms with Crippen LogP contribution in [0, 0.1) is 6.92 Å². The van der Waals surface area contributed by atoms with Gasteiger partial charge in [-0.3, -0.25) is 14.5 Å². The van der Waals surface area contributed by atoms with Gasteiger partial charge in [-0.1, -0.05) is 23.8 Å². The smallest absolute Gasteiger partial charge is 0.325 e. The molecule has 24 heavy (non-hydrogen) atoms. The van der Waals surface area contributed by atoms with Crippen LogP contribution < -0.4 is 10.6 Å². The van der Waals surface area contributed by atoms with Crippen LogP contribution >= 0.6 is 11.3 Å². The summed E-state index contributed by atoms with van der Waals surface area (Å²) in [4.78, 5) is 38.6. The first-order valence-electron chi connectivity index (χ1n) is 7.45. The fourth-order valence-electron chi connectivity index (χ4n) is 2.55. The molecule has 2 heterocycles. The van der Waals surface area contributed by atoms with E-state index in [4.69, 9.17) is 0 Å². The minimum absolute atomic E-state index is 0.320. The number of anilines is 1. The summed E-state index contributed by atoms with van der Waals surface area (Å²) in [6, 6.07) is 10.3. The van der Waals surface area contributed by atoms with Crippen molar-refractivity contribution in [2.24, 2.45) is 0 Å². The molecule has 1 aromatic carbocycles. The maximum atomic E-state index is 12.6. The third-order valence-corrected chi connectivity index (χ3v) is 5.02. The van der Waals surface area contributed by atoms with Gasteiger partial charge < -0.3 is 10.6 Å². The molecule has 1 unspecified atom stereocenters. The lowest BCUT2D eigenvalue weighted by molar-refractivity contribution is -0.133. The van der Waals surface area contributed by atoms with Crippen molar-refractivity contribution in [1.82, 2.24) is 10.2 Å². The molecule has 0 bridgehead atoms. The van der Waals surface area contributed by atoms with E-state index in [0.717, 1.165) is 15.3 Å². The predicted molar refractivity (Wildman–Crippen MR) is 91.7 cm³/mol. The zero-order valence-electron chi connectivity index (χ0n) is 13.3. The first-order valence-corrected chi connectivity index (χ1v) is 8.33. The Balaban J connectivity index is 1.71. The second-order valence-electron chi connectivity index (χ2n) is 5.84. The Kier molecular flexibility index (Phi) is 4.11. The minimum Gasteiger partial charge on any atom is -0.325 e. The highest BCUT2D eigenvalue weighted by atomic mass is 32.1. The monoisotopic (exact) mass is 343 g/mol. The molecule has 124 valence electrons. The zero-order chi connectivity index (χ0) is 17.3. The number of aryl methyl sites for hydroxylation is 1. The Morgan fingerprint density at radius 1 is 1.25 bits per heavy atom.